The summed E-state index contributed by atoms with van der Waals surface area (Å²) >= 11 is 1.58. The van der Waals surface area contributed by atoms with Crippen LogP contribution in [0.3, 0.4) is 0 Å². The second-order valence-corrected chi connectivity index (χ2v) is 11.1. The van der Waals surface area contributed by atoms with E-state index in [-0.39, 0.29) is 17.7 Å². The summed E-state index contributed by atoms with van der Waals surface area (Å²) in [4.78, 5) is 35.2. The first kappa shape index (κ1) is 23.4. The Morgan fingerprint density at radius 1 is 1.06 bits per heavy atom. The van der Waals surface area contributed by atoms with Crippen LogP contribution >= 0.6 is 11.3 Å². The summed E-state index contributed by atoms with van der Waals surface area (Å²) in [5.74, 6) is 0.161. The van der Waals surface area contributed by atoms with Gasteiger partial charge < -0.3 is 4.90 Å². The molecule has 0 aliphatic carbocycles. The van der Waals surface area contributed by atoms with Gasteiger partial charge in [0.05, 0.1) is 16.8 Å². The molecule has 1 aliphatic heterocycles. The number of piperidine rings is 1. The molecule has 1 saturated heterocycles. The number of likely N-dealkylation sites (tertiary alicyclic amines) is 1. The van der Waals surface area contributed by atoms with Crippen LogP contribution in [0.4, 0.5) is 5.13 Å². The number of nitrogens with zero attached hydrogens (tertiary/aromatic N) is 3. The number of carbonyl (C=O) groups is 2. The quantitative estimate of drug-likeness (QED) is 0.496. The molecule has 1 fully saturated rings. The van der Waals surface area contributed by atoms with Gasteiger partial charge in [0.25, 0.3) is 0 Å². The van der Waals surface area contributed by atoms with Crippen LogP contribution in [0.25, 0.3) is 10.2 Å². The fourth-order valence-corrected chi connectivity index (χ4v) is 5.39. The third-order valence-electron chi connectivity index (χ3n) is 6.53. The third-order valence-corrected chi connectivity index (χ3v) is 7.57. The van der Waals surface area contributed by atoms with Crippen LogP contribution in [0, 0.1) is 25.2 Å². The highest BCUT2D eigenvalue weighted by Crippen LogP contribution is 2.34. The Morgan fingerprint density at radius 3 is 2.36 bits per heavy atom. The summed E-state index contributed by atoms with van der Waals surface area (Å²) in [6.45, 7) is 11.8. The summed E-state index contributed by atoms with van der Waals surface area (Å²) in [5, 5.41) is 0.751. The molecular weight excluding hydrogens is 430 g/mol. The molecule has 2 amide bonds. The topological polar surface area (TPSA) is 53.5 Å². The summed E-state index contributed by atoms with van der Waals surface area (Å²) in [6.07, 6.45) is 1.38. The van der Waals surface area contributed by atoms with E-state index in [0.717, 1.165) is 26.5 Å². The first-order chi connectivity index (χ1) is 15.6. The number of amides is 2. The Kier molecular flexibility index (Phi) is 6.57. The van der Waals surface area contributed by atoms with Crippen LogP contribution < -0.4 is 4.90 Å². The molecule has 0 spiro atoms. The highest BCUT2D eigenvalue weighted by Gasteiger charge is 2.35. The Hall–Kier alpha value is -2.73. The SMILES string of the molecule is Cc1ccc2sc(N(Cc3ccccc3)C(=O)C3CCN(C(=O)C(C)(C)C)CC3)nc2c1C. The maximum atomic E-state index is 13.8. The van der Waals surface area contributed by atoms with E-state index in [0.29, 0.717) is 32.5 Å². The molecular formula is C27H33N3O2S. The zero-order valence-corrected chi connectivity index (χ0v) is 21.0. The smallest absolute Gasteiger partial charge is 0.232 e. The van der Waals surface area contributed by atoms with Crippen molar-refractivity contribution in [3.63, 3.8) is 0 Å². The normalized spacial score (nSPS) is 15.1. The highest BCUT2D eigenvalue weighted by atomic mass is 32.1. The summed E-state index contributed by atoms with van der Waals surface area (Å²) in [7, 11) is 0. The van der Waals surface area contributed by atoms with Gasteiger partial charge in [-0.2, -0.15) is 0 Å². The predicted octanol–water partition coefficient (Wildman–Crippen LogP) is 5.73. The minimum absolute atomic E-state index is 0.104. The van der Waals surface area contributed by atoms with Gasteiger partial charge in [0.1, 0.15) is 0 Å². The van der Waals surface area contributed by atoms with E-state index in [1.807, 2.05) is 60.9 Å². The highest BCUT2D eigenvalue weighted by molar-refractivity contribution is 7.22. The molecule has 2 aromatic carbocycles. The summed E-state index contributed by atoms with van der Waals surface area (Å²) < 4.78 is 1.10. The molecule has 2 heterocycles. The average molecular weight is 464 g/mol. The number of hydrogen-bond acceptors (Lipinski definition) is 4. The monoisotopic (exact) mass is 463 g/mol. The molecule has 1 aromatic heterocycles. The second kappa shape index (κ2) is 9.26. The van der Waals surface area contributed by atoms with E-state index in [1.54, 1.807) is 11.3 Å². The molecule has 6 heteroatoms. The van der Waals surface area contributed by atoms with E-state index in [4.69, 9.17) is 4.98 Å². The van der Waals surface area contributed by atoms with E-state index in [1.165, 1.54) is 5.56 Å². The predicted molar refractivity (Wildman–Crippen MR) is 135 cm³/mol. The first-order valence-corrected chi connectivity index (χ1v) is 12.5. The van der Waals surface area contributed by atoms with E-state index < -0.39 is 5.41 Å². The van der Waals surface area contributed by atoms with Crippen molar-refractivity contribution in [1.82, 2.24) is 9.88 Å². The number of carbonyl (C=O) groups excluding carboxylic acids is 2. The molecule has 0 unspecified atom stereocenters. The number of aromatic nitrogens is 1. The van der Waals surface area contributed by atoms with Crippen molar-refractivity contribution in [3.8, 4) is 0 Å². The van der Waals surface area contributed by atoms with Gasteiger partial charge in [-0.1, -0.05) is 68.5 Å². The largest absolute Gasteiger partial charge is 0.342 e. The first-order valence-electron chi connectivity index (χ1n) is 11.7. The maximum absolute atomic E-state index is 13.8. The fraction of sp³-hybridized carbons (Fsp3) is 0.444. The lowest BCUT2D eigenvalue weighted by atomic mass is 9.90. The lowest BCUT2D eigenvalue weighted by Crippen LogP contribution is -2.47. The molecule has 0 bridgehead atoms. The van der Waals surface area contributed by atoms with E-state index in [2.05, 4.69) is 26.0 Å². The van der Waals surface area contributed by atoms with Gasteiger partial charge in [-0.15, -0.1) is 0 Å². The fourth-order valence-electron chi connectivity index (χ4n) is 4.36. The van der Waals surface area contributed by atoms with Crippen LogP contribution in [0.2, 0.25) is 0 Å². The summed E-state index contributed by atoms with van der Waals surface area (Å²) in [5.41, 5.74) is 4.03. The van der Waals surface area contributed by atoms with Crippen LogP contribution in [-0.4, -0.2) is 34.8 Å². The van der Waals surface area contributed by atoms with E-state index >= 15 is 0 Å². The number of fused-ring (bicyclic) bond motifs is 1. The van der Waals surface area contributed by atoms with Gasteiger partial charge in [0, 0.05) is 24.4 Å². The Labute approximate surface area is 200 Å². The average Bonchev–Trinajstić information content (AvgIpc) is 3.24. The van der Waals surface area contributed by atoms with Crippen molar-refractivity contribution >= 4 is 38.5 Å². The number of thiazole rings is 1. The molecule has 33 heavy (non-hydrogen) atoms. The number of rotatable bonds is 4. The molecule has 174 valence electrons. The molecule has 5 nitrogen and oxygen atoms in total. The van der Waals surface area contributed by atoms with Gasteiger partial charge >= 0.3 is 0 Å². The van der Waals surface area contributed by atoms with Gasteiger partial charge in [0.2, 0.25) is 11.8 Å². The number of hydrogen-bond donors (Lipinski definition) is 0. The minimum Gasteiger partial charge on any atom is -0.342 e. The van der Waals surface area contributed by atoms with Crippen LogP contribution in [0.1, 0.15) is 50.3 Å². The van der Waals surface area contributed by atoms with Crippen molar-refractivity contribution in [3.05, 3.63) is 59.2 Å². The Bertz CT molecular complexity index is 1160. The Morgan fingerprint density at radius 2 is 1.73 bits per heavy atom. The number of benzene rings is 2. The van der Waals surface area contributed by atoms with Gasteiger partial charge in [-0.05, 0) is 49.4 Å². The third kappa shape index (κ3) is 4.96. The molecule has 4 rings (SSSR count). The zero-order chi connectivity index (χ0) is 23.8. The van der Waals surface area contributed by atoms with Gasteiger partial charge in [-0.3, -0.25) is 14.5 Å². The zero-order valence-electron chi connectivity index (χ0n) is 20.2. The van der Waals surface area contributed by atoms with Crippen molar-refractivity contribution in [2.45, 2.75) is 54.0 Å². The van der Waals surface area contributed by atoms with Crippen LogP contribution in [0.5, 0.6) is 0 Å². The van der Waals surface area contributed by atoms with Crippen molar-refractivity contribution in [1.29, 1.82) is 0 Å². The van der Waals surface area contributed by atoms with E-state index in [9.17, 15) is 9.59 Å². The molecule has 0 N–H and O–H groups in total. The molecule has 0 radical (unpaired) electrons. The number of anilines is 1. The van der Waals surface area contributed by atoms with Crippen LogP contribution in [0.15, 0.2) is 42.5 Å². The Balaban J connectivity index is 1.60. The lowest BCUT2D eigenvalue weighted by molar-refractivity contribution is -0.142. The minimum atomic E-state index is -0.396. The molecule has 0 atom stereocenters. The van der Waals surface area contributed by atoms with Crippen LogP contribution in [-0.2, 0) is 16.1 Å². The van der Waals surface area contributed by atoms with Crippen molar-refractivity contribution in [2.24, 2.45) is 11.3 Å². The van der Waals surface area contributed by atoms with Crippen molar-refractivity contribution in [2.75, 3.05) is 18.0 Å². The summed E-state index contributed by atoms with van der Waals surface area (Å²) in [6, 6.07) is 14.3. The van der Waals surface area contributed by atoms with Gasteiger partial charge in [-0.25, -0.2) is 4.98 Å². The lowest BCUT2D eigenvalue weighted by Gasteiger charge is -2.36. The standard InChI is InChI=1S/C27H33N3O2S/c1-18-11-12-22-23(19(18)2)28-26(33-22)30(17-20-9-7-6-8-10-20)24(31)21-13-15-29(16-14-21)25(32)27(3,4)5/h6-12,21H,13-17H2,1-5H3. The maximum Gasteiger partial charge on any atom is 0.232 e. The van der Waals surface area contributed by atoms with Gasteiger partial charge in [0.15, 0.2) is 5.13 Å². The molecule has 3 aromatic rings. The molecule has 0 saturated carbocycles. The molecule has 1 aliphatic rings. The van der Waals surface area contributed by atoms with Crippen molar-refractivity contribution < 1.29 is 9.59 Å². The number of aryl methyl sites for hydroxylation is 2. The second-order valence-electron chi connectivity index (χ2n) is 10.1.